The van der Waals surface area contributed by atoms with Gasteiger partial charge in [0.1, 0.15) is 9.77 Å². The van der Waals surface area contributed by atoms with Gasteiger partial charge in [0.15, 0.2) is 0 Å². The van der Waals surface area contributed by atoms with Crippen molar-refractivity contribution in [2.75, 3.05) is 25.0 Å². The molecule has 2 heterocycles. The number of carbonyl (C=O) groups is 2. The third-order valence-electron chi connectivity index (χ3n) is 4.74. The van der Waals surface area contributed by atoms with E-state index in [4.69, 9.17) is 16.3 Å². The molecule has 30 heavy (non-hydrogen) atoms. The highest BCUT2D eigenvalue weighted by molar-refractivity contribution is 7.89. The van der Waals surface area contributed by atoms with Crippen LogP contribution in [0.5, 0.6) is 0 Å². The van der Waals surface area contributed by atoms with E-state index in [1.807, 2.05) is 0 Å². The Morgan fingerprint density at radius 1 is 1.20 bits per heavy atom. The number of thiophene rings is 1. The SMILES string of the molecule is CCOC(=O)c1sc(NC(=O)c2ccc(Cl)c(S(=O)(=O)N3CCCCC3)c2)cc1C. The Bertz CT molecular complexity index is 1060. The predicted octanol–water partition coefficient (Wildman–Crippen LogP) is 4.31. The maximum atomic E-state index is 13.0. The number of aryl methyl sites for hydroxylation is 1. The quantitative estimate of drug-likeness (QED) is 0.635. The van der Waals surface area contributed by atoms with Gasteiger partial charge in [-0.1, -0.05) is 18.0 Å². The molecule has 1 amide bonds. The summed E-state index contributed by atoms with van der Waals surface area (Å²) in [5, 5.41) is 3.26. The van der Waals surface area contributed by atoms with E-state index in [0.717, 1.165) is 30.6 Å². The molecule has 0 aliphatic carbocycles. The summed E-state index contributed by atoms with van der Waals surface area (Å²) in [4.78, 5) is 25.0. The van der Waals surface area contributed by atoms with Gasteiger partial charge in [-0.15, -0.1) is 11.3 Å². The van der Waals surface area contributed by atoms with Crippen molar-refractivity contribution in [1.29, 1.82) is 0 Å². The Morgan fingerprint density at radius 3 is 2.57 bits per heavy atom. The minimum atomic E-state index is -3.78. The lowest BCUT2D eigenvalue weighted by atomic mass is 10.2. The third-order valence-corrected chi connectivity index (χ3v) is 8.25. The molecule has 0 unspecified atom stereocenters. The van der Waals surface area contributed by atoms with Crippen molar-refractivity contribution in [3.63, 3.8) is 0 Å². The lowest BCUT2D eigenvalue weighted by molar-refractivity contribution is 0.0531. The highest BCUT2D eigenvalue weighted by Crippen LogP contribution is 2.30. The average molecular weight is 471 g/mol. The second-order valence-corrected chi connectivity index (χ2v) is 10.3. The number of hydrogen-bond donors (Lipinski definition) is 1. The summed E-state index contributed by atoms with van der Waals surface area (Å²) in [5.41, 5.74) is 0.858. The zero-order chi connectivity index (χ0) is 21.9. The van der Waals surface area contributed by atoms with Crippen molar-refractivity contribution in [2.24, 2.45) is 0 Å². The number of anilines is 1. The molecular weight excluding hydrogens is 448 g/mol. The zero-order valence-electron chi connectivity index (χ0n) is 16.7. The lowest BCUT2D eigenvalue weighted by Crippen LogP contribution is -2.35. The zero-order valence-corrected chi connectivity index (χ0v) is 19.1. The molecule has 1 aromatic heterocycles. The summed E-state index contributed by atoms with van der Waals surface area (Å²) in [5.74, 6) is -0.930. The first-order valence-corrected chi connectivity index (χ1v) is 12.3. The van der Waals surface area contributed by atoms with E-state index >= 15 is 0 Å². The van der Waals surface area contributed by atoms with Crippen LogP contribution in [-0.4, -0.2) is 44.3 Å². The van der Waals surface area contributed by atoms with Gasteiger partial charge in [-0.05, 0) is 56.5 Å². The molecule has 0 atom stereocenters. The number of sulfonamides is 1. The van der Waals surface area contributed by atoms with Gasteiger partial charge in [0.2, 0.25) is 10.0 Å². The highest BCUT2D eigenvalue weighted by Gasteiger charge is 2.29. The highest BCUT2D eigenvalue weighted by atomic mass is 35.5. The Hall–Kier alpha value is -1.94. The van der Waals surface area contributed by atoms with Crippen LogP contribution < -0.4 is 5.32 Å². The molecule has 0 bridgehead atoms. The van der Waals surface area contributed by atoms with E-state index < -0.39 is 21.9 Å². The largest absolute Gasteiger partial charge is 0.462 e. The Balaban J connectivity index is 1.83. The fourth-order valence-electron chi connectivity index (χ4n) is 3.21. The van der Waals surface area contributed by atoms with Gasteiger partial charge in [-0.3, -0.25) is 4.79 Å². The average Bonchev–Trinajstić information content (AvgIpc) is 3.09. The first-order chi connectivity index (χ1) is 14.2. The summed E-state index contributed by atoms with van der Waals surface area (Å²) in [6.07, 6.45) is 2.60. The van der Waals surface area contributed by atoms with Crippen LogP contribution in [0, 0.1) is 6.92 Å². The second-order valence-electron chi connectivity index (χ2n) is 6.91. The number of benzene rings is 1. The maximum Gasteiger partial charge on any atom is 0.348 e. The second kappa shape index (κ2) is 9.47. The topological polar surface area (TPSA) is 92.8 Å². The first kappa shape index (κ1) is 22.7. The Kier molecular flexibility index (Phi) is 7.18. The van der Waals surface area contributed by atoms with Crippen molar-refractivity contribution in [1.82, 2.24) is 4.31 Å². The van der Waals surface area contributed by atoms with Gasteiger partial charge in [0.25, 0.3) is 5.91 Å². The van der Waals surface area contributed by atoms with Gasteiger partial charge < -0.3 is 10.1 Å². The molecule has 3 rings (SSSR count). The van der Waals surface area contributed by atoms with Gasteiger partial charge in [-0.2, -0.15) is 4.31 Å². The van der Waals surface area contributed by atoms with Crippen LogP contribution in [0.4, 0.5) is 5.00 Å². The molecular formula is C20H23ClN2O5S2. The van der Waals surface area contributed by atoms with E-state index in [2.05, 4.69) is 5.32 Å². The molecule has 7 nitrogen and oxygen atoms in total. The van der Waals surface area contributed by atoms with Crippen molar-refractivity contribution >= 4 is 49.8 Å². The predicted molar refractivity (Wildman–Crippen MR) is 117 cm³/mol. The summed E-state index contributed by atoms with van der Waals surface area (Å²) in [6, 6.07) is 5.86. The number of carbonyl (C=O) groups excluding carboxylic acids is 2. The van der Waals surface area contributed by atoms with E-state index in [1.165, 1.54) is 22.5 Å². The molecule has 1 aliphatic rings. The number of amides is 1. The van der Waals surface area contributed by atoms with Gasteiger partial charge in [-0.25, -0.2) is 13.2 Å². The number of ether oxygens (including phenoxy) is 1. The summed E-state index contributed by atoms with van der Waals surface area (Å²) in [7, 11) is -3.78. The molecule has 0 radical (unpaired) electrons. The summed E-state index contributed by atoms with van der Waals surface area (Å²) in [6.45, 7) is 4.63. The lowest BCUT2D eigenvalue weighted by Gasteiger charge is -2.26. The van der Waals surface area contributed by atoms with Gasteiger partial charge >= 0.3 is 5.97 Å². The summed E-state index contributed by atoms with van der Waals surface area (Å²) >= 11 is 7.27. The number of halogens is 1. The number of nitrogens with one attached hydrogen (secondary N) is 1. The van der Waals surface area contributed by atoms with Crippen molar-refractivity contribution in [3.8, 4) is 0 Å². The monoisotopic (exact) mass is 470 g/mol. The molecule has 10 heteroatoms. The molecule has 1 fully saturated rings. The van der Waals surface area contributed by atoms with E-state index in [-0.39, 0.29) is 22.1 Å². The Morgan fingerprint density at radius 2 is 1.90 bits per heavy atom. The molecule has 0 saturated carbocycles. The van der Waals surface area contributed by atoms with Crippen LogP contribution in [0.2, 0.25) is 5.02 Å². The van der Waals surface area contributed by atoms with E-state index in [1.54, 1.807) is 19.9 Å². The molecule has 1 aromatic carbocycles. The van der Waals surface area contributed by atoms with Crippen LogP contribution in [0.3, 0.4) is 0 Å². The first-order valence-electron chi connectivity index (χ1n) is 9.62. The summed E-state index contributed by atoms with van der Waals surface area (Å²) < 4.78 is 32.4. The van der Waals surface area contributed by atoms with Gasteiger partial charge in [0.05, 0.1) is 16.6 Å². The van der Waals surface area contributed by atoms with E-state index in [0.29, 0.717) is 28.5 Å². The van der Waals surface area contributed by atoms with Crippen LogP contribution in [0.15, 0.2) is 29.2 Å². The maximum absolute atomic E-state index is 13.0. The van der Waals surface area contributed by atoms with Crippen molar-refractivity contribution in [2.45, 2.75) is 38.0 Å². The molecule has 1 N–H and O–H groups in total. The molecule has 2 aromatic rings. The number of rotatable bonds is 6. The normalized spacial score (nSPS) is 15.0. The molecule has 1 aliphatic heterocycles. The van der Waals surface area contributed by atoms with Crippen LogP contribution in [0.25, 0.3) is 0 Å². The fourth-order valence-corrected chi connectivity index (χ4v) is 6.19. The molecule has 1 saturated heterocycles. The number of nitrogens with zero attached hydrogens (tertiary/aromatic N) is 1. The van der Waals surface area contributed by atoms with Crippen LogP contribution in [-0.2, 0) is 14.8 Å². The minimum absolute atomic E-state index is 0.0757. The minimum Gasteiger partial charge on any atom is -0.462 e. The van der Waals surface area contributed by atoms with Crippen molar-refractivity contribution < 1.29 is 22.7 Å². The molecule has 162 valence electrons. The number of esters is 1. The molecule has 0 spiro atoms. The van der Waals surface area contributed by atoms with Crippen LogP contribution >= 0.6 is 22.9 Å². The number of piperidine rings is 1. The third kappa shape index (κ3) is 4.85. The van der Waals surface area contributed by atoms with Crippen LogP contribution in [0.1, 0.15) is 51.8 Å². The van der Waals surface area contributed by atoms with Crippen molar-refractivity contribution in [3.05, 3.63) is 45.3 Å². The standard InChI is InChI=1S/C20H23ClN2O5S2/c1-3-28-20(25)18-13(2)11-17(29-18)22-19(24)14-7-8-15(21)16(12-14)30(26,27)23-9-5-4-6-10-23/h7-8,11-12H,3-6,9-10H2,1-2H3,(H,22,24). The smallest absolute Gasteiger partial charge is 0.348 e. The number of hydrogen-bond acceptors (Lipinski definition) is 6. The van der Waals surface area contributed by atoms with Gasteiger partial charge in [0, 0.05) is 18.7 Å². The van der Waals surface area contributed by atoms with E-state index in [9.17, 15) is 18.0 Å². The fraction of sp³-hybridized carbons (Fsp3) is 0.400. The Labute approximate surface area is 185 Å².